The van der Waals surface area contributed by atoms with Crippen LogP contribution in [0.5, 0.6) is 0 Å². The molecule has 0 saturated heterocycles. The van der Waals surface area contributed by atoms with Gasteiger partial charge in [-0.1, -0.05) is 55.4 Å². The van der Waals surface area contributed by atoms with Crippen molar-refractivity contribution in [3.8, 4) is 0 Å². The SMILES string of the molecule is CC(C)C(=O)NC(O)C(C)C.CC(C)C(=O)NC(O)C(C)C. The molecule has 0 radical (unpaired) electrons. The molecule has 0 aromatic heterocycles. The van der Waals surface area contributed by atoms with Gasteiger partial charge >= 0.3 is 0 Å². The molecule has 0 aromatic carbocycles. The topological polar surface area (TPSA) is 98.7 Å². The Morgan fingerprint density at radius 2 is 0.864 bits per heavy atom. The molecule has 0 fully saturated rings. The highest BCUT2D eigenvalue weighted by atomic mass is 16.3. The lowest BCUT2D eigenvalue weighted by atomic mass is 10.1. The van der Waals surface area contributed by atoms with E-state index in [0.717, 1.165) is 0 Å². The van der Waals surface area contributed by atoms with Gasteiger partial charge in [0.25, 0.3) is 0 Å². The van der Waals surface area contributed by atoms with Crippen molar-refractivity contribution in [1.82, 2.24) is 10.6 Å². The van der Waals surface area contributed by atoms with Crippen LogP contribution in [0.25, 0.3) is 0 Å². The van der Waals surface area contributed by atoms with E-state index in [1.54, 1.807) is 27.7 Å². The number of hydrogen-bond acceptors (Lipinski definition) is 4. The number of carbonyl (C=O) groups excluding carboxylic acids is 2. The lowest BCUT2D eigenvalue weighted by molar-refractivity contribution is -0.128. The third-order valence-electron chi connectivity index (χ3n) is 2.89. The summed E-state index contributed by atoms with van der Waals surface area (Å²) in [4.78, 5) is 22.0. The number of aliphatic hydroxyl groups is 2. The quantitative estimate of drug-likeness (QED) is 0.557. The first-order valence-corrected chi connectivity index (χ1v) is 7.86. The Labute approximate surface area is 134 Å². The Hall–Kier alpha value is -1.14. The number of nitrogens with one attached hydrogen (secondary N) is 2. The third kappa shape index (κ3) is 11.5. The van der Waals surface area contributed by atoms with E-state index in [-0.39, 0.29) is 35.5 Å². The van der Waals surface area contributed by atoms with Gasteiger partial charge in [-0.05, 0) is 11.8 Å². The Morgan fingerprint density at radius 3 is 1.00 bits per heavy atom. The molecule has 0 aliphatic rings. The fourth-order valence-corrected chi connectivity index (χ4v) is 0.958. The van der Waals surface area contributed by atoms with E-state index in [4.69, 9.17) is 0 Å². The molecule has 22 heavy (non-hydrogen) atoms. The second kappa shape index (κ2) is 11.4. The monoisotopic (exact) mass is 318 g/mol. The van der Waals surface area contributed by atoms with Crippen molar-refractivity contribution in [2.24, 2.45) is 23.7 Å². The summed E-state index contributed by atoms with van der Waals surface area (Å²) in [6.45, 7) is 14.6. The predicted molar refractivity (Wildman–Crippen MR) is 87.7 cm³/mol. The van der Waals surface area contributed by atoms with Gasteiger partial charge in [-0.15, -0.1) is 0 Å². The summed E-state index contributed by atoms with van der Waals surface area (Å²) in [6, 6.07) is 0. The largest absolute Gasteiger partial charge is 0.373 e. The highest BCUT2D eigenvalue weighted by molar-refractivity contribution is 5.78. The molecule has 4 N–H and O–H groups in total. The van der Waals surface area contributed by atoms with Crippen LogP contribution in [0.1, 0.15) is 55.4 Å². The van der Waals surface area contributed by atoms with E-state index in [9.17, 15) is 19.8 Å². The summed E-state index contributed by atoms with van der Waals surface area (Å²) < 4.78 is 0. The Morgan fingerprint density at radius 1 is 0.636 bits per heavy atom. The average Bonchev–Trinajstić information content (AvgIpc) is 2.38. The smallest absolute Gasteiger partial charge is 0.224 e. The Balaban J connectivity index is 0. The molecule has 2 unspecified atom stereocenters. The standard InChI is InChI=1S/2C8H17NO2/c2*1-5(2)7(10)9-8(11)6(3)4/h2*5-7,10H,1-4H3,(H,9,11). The molecular weight excluding hydrogens is 284 g/mol. The molecule has 2 atom stereocenters. The van der Waals surface area contributed by atoms with Crippen molar-refractivity contribution in [3.63, 3.8) is 0 Å². The van der Waals surface area contributed by atoms with Crippen LogP contribution in [0.2, 0.25) is 0 Å². The van der Waals surface area contributed by atoms with Gasteiger partial charge in [0.05, 0.1) is 0 Å². The summed E-state index contributed by atoms with van der Waals surface area (Å²) in [6.07, 6.45) is -1.44. The van der Waals surface area contributed by atoms with E-state index < -0.39 is 12.5 Å². The molecule has 2 amide bonds. The molecule has 6 heteroatoms. The maximum Gasteiger partial charge on any atom is 0.224 e. The van der Waals surface area contributed by atoms with Crippen molar-refractivity contribution in [1.29, 1.82) is 0 Å². The molecule has 0 aromatic rings. The highest BCUT2D eigenvalue weighted by Gasteiger charge is 2.14. The molecule has 0 spiro atoms. The number of aliphatic hydroxyl groups excluding tert-OH is 2. The maximum atomic E-state index is 11.0. The van der Waals surface area contributed by atoms with Crippen LogP contribution in [-0.2, 0) is 9.59 Å². The highest BCUT2D eigenvalue weighted by Crippen LogP contribution is 2.00. The Kier molecular flexibility index (Phi) is 12.0. The molecule has 0 rings (SSSR count). The molecule has 132 valence electrons. The third-order valence-corrected chi connectivity index (χ3v) is 2.89. The molecule has 0 aliphatic heterocycles. The van der Waals surface area contributed by atoms with E-state index in [2.05, 4.69) is 10.6 Å². The number of amides is 2. The van der Waals surface area contributed by atoms with Crippen LogP contribution in [-0.4, -0.2) is 34.5 Å². The molecule has 0 heterocycles. The van der Waals surface area contributed by atoms with Gasteiger partial charge in [-0.2, -0.15) is 0 Å². The maximum absolute atomic E-state index is 11.0. The fraction of sp³-hybridized carbons (Fsp3) is 0.875. The van der Waals surface area contributed by atoms with Crippen LogP contribution in [0.15, 0.2) is 0 Å². The first-order chi connectivity index (χ1) is 9.89. The van der Waals surface area contributed by atoms with E-state index in [1.807, 2.05) is 27.7 Å². The van der Waals surface area contributed by atoms with E-state index in [1.165, 1.54) is 0 Å². The number of carbonyl (C=O) groups is 2. The molecular formula is C16H34N2O4. The zero-order valence-electron chi connectivity index (χ0n) is 15.2. The van der Waals surface area contributed by atoms with E-state index >= 15 is 0 Å². The van der Waals surface area contributed by atoms with Gasteiger partial charge in [0.1, 0.15) is 12.5 Å². The van der Waals surface area contributed by atoms with Gasteiger partial charge in [-0.25, -0.2) is 0 Å². The Bertz CT molecular complexity index is 296. The molecule has 0 aliphatic carbocycles. The van der Waals surface area contributed by atoms with Crippen molar-refractivity contribution in [3.05, 3.63) is 0 Å². The van der Waals surface area contributed by atoms with Gasteiger partial charge in [0, 0.05) is 11.8 Å². The second-order valence-electron chi connectivity index (χ2n) is 6.70. The second-order valence-corrected chi connectivity index (χ2v) is 6.70. The summed E-state index contributed by atoms with van der Waals surface area (Å²) in [5, 5.41) is 23.4. The van der Waals surface area contributed by atoms with E-state index in [0.29, 0.717) is 0 Å². The zero-order valence-corrected chi connectivity index (χ0v) is 15.2. The van der Waals surface area contributed by atoms with Gasteiger partial charge in [-0.3, -0.25) is 9.59 Å². The van der Waals surface area contributed by atoms with Crippen molar-refractivity contribution in [2.75, 3.05) is 0 Å². The van der Waals surface area contributed by atoms with Crippen LogP contribution in [0.4, 0.5) is 0 Å². The van der Waals surface area contributed by atoms with Crippen molar-refractivity contribution >= 4 is 11.8 Å². The van der Waals surface area contributed by atoms with Crippen LogP contribution >= 0.6 is 0 Å². The molecule has 0 bridgehead atoms. The lowest BCUT2D eigenvalue weighted by Gasteiger charge is -2.17. The number of hydrogen-bond donors (Lipinski definition) is 4. The predicted octanol–water partition coefficient (Wildman–Crippen LogP) is 1.47. The van der Waals surface area contributed by atoms with Crippen molar-refractivity contribution < 1.29 is 19.8 Å². The molecule has 0 saturated carbocycles. The summed E-state index contributed by atoms with van der Waals surface area (Å²) in [5.41, 5.74) is 0. The first-order valence-electron chi connectivity index (χ1n) is 7.86. The minimum atomic E-state index is -0.718. The van der Waals surface area contributed by atoms with Crippen LogP contribution < -0.4 is 10.6 Å². The first kappa shape index (κ1) is 23.1. The lowest BCUT2D eigenvalue weighted by Crippen LogP contribution is -2.40. The summed E-state index contributed by atoms with van der Waals surface area (Å²) in [5.74, 6) is -0.209. The van der Waals surface area contributed by atoms with Crippen LogP contribution in [0.3, 0.4) is 0 Å². The average molecular weight is 318 g/mol. The number of rotatable bonds is 6. The van der Waals surface area contributed by atoms with Crippen molar-refractivity contribution in [2.45, 2.75) is 67.8 Å². The summed E-state index contributed by atoms with van der Waals surface area (Å²) in [7, 11) is 0. The van der Waals surface area contributed by atoms with Gasteiger partial charge in [0.2, 0.25) is 11.8 Å². The van der Waals surface area contributed by atoms with Gasteiger partial charge in [0.15, 0.2) is 0 Å². The van der Waals surface area contributed by atoms with Crippen LogP contribution in [0, 0.1) is 23.7 Å². The zero-order chi connectivity index (χ0) is 18.0. The minimum absolute atomic E-state index is 0.0663. The normalized spacial score (nSPS) is 13.7. The van der Waals surface area contributed by atoms with Gasteiger partial charge < -0.3 is 20.8 Å². The minimum Gasteiger partial charge on any atom is -0.373 e. The molecule has 6 nitrogen and oxygen atoms in total. The fourth-order valence-electron chi connectivity index (χ4n) is 0.958. The summed E-state index contributed by atoms with van der Waals surface area (Å²) >= 11 is 0.